The van der Waals surface area contributed by atoms with Gasteiger partial charge in [-0.1, -0.05) is 30.3 Å². The average molecular weight is 279 g/mol. The summed E-state index contributed by atoms with van der Waals surface area (Å²) < 4.78 is 10.2. The van der Waals surface area contributed by atoms with Crippen LogP contribution in [-0.2, 0) is 25.7 Å². The number of benzene rings is 1. The summed E-state index contributed by atoms with van der Waals surface area (Å²) in [6.45, 7) is 2.86. The van der Waals surface area contributed by atoms with Gasteiger partial charge in [0.25, 0.3) is 0 Å². The molecule has 0 saturated heterocycles. The van der Waals surface area contributed by atoms with E-state index in [4.69, 9.17) is 9.47 Å². The zero-order valence-corrected chi connectivity index (χ0v) is 12.0. The van der Waals surface area contributed by atoms with Crippen molar-refractivity contribution in [2.45, 2.75) is 20.0 Å². The summed E-state index contributed by atoms with van der Waals surface area (Å²) in [5.74, 6) is -0.442. The minimum absolute atomic E-state index is 0.00815. The first-order valence-corrected chi connectivity index (χ1v) is 6.64. The normalized spacial score (nSPS) is 10.1. The van der Waals surface area contributed by atoms with Gasteiger partial charge in [-0.15, -0.1) is 0 Å². The number of nitrogens with zero attached hydrogens (tertiary/aromatic N) is 1. The van der Waals surface area contributed by atoms with Gasteiger partial charge in [-0.3, -0.25) is 9.59 Å². The Hall–Kier alpha value is -1.88. The van der Waals surface area contributed by atoms with Crippen LogP contribution in [0.15, 0.2) is 30.3 Å². The van der Waals surface area contributed by atoms with Crippen molar-refractivity contribution in [3.8, 4) is 0 Å². The van der Waals surface area contributed by atoms with Gasteiger partial charge >= 0.3 is 5.97 Å². The van der Waals surface area contributed by atoms with E-state index in [0.717, 1.165) is 5.56 Å². The Labute approximate surface area is 119 Å². The van der Waals surface area contributed by atoms with Gasteiger partial charge in [0, 0.05) is 13.6 Å². The van der Waals surface area contributed by atoms with Crippen molar-refractivity contribution >= 4 is 11.9 Å². The summed E-state index contributed by atoms with van der Waals surface area (Å²) in [5.41, 5.74) is 1.02. The summed E-state index contributed by atoms with van der Waals surface area (Å²) in [7, 11) is 1.65. The van der Waals surface area contributed by atoms with Crippen molar-refractivity contribution in [3.05, 3.63) is 35.9 Å². The molecule has 0 saturated carbocycles. The van der Waals surface area contributed by atoms with Crippen LogP contribution in [0.4, 0.5) is 0 Å². The Morgan fingerprint density at radius 1 is 1.20 bits per heavy atom. The third kappa shape index (κ3) is 6.33. The first-order chi connectivity index (χ1) is 9.63. The smallest absolute Gasteiger partial charge is 0.307 e. The predicted octanol–water partition coefficient (Wildman–Crippen LogP) is 1.61. The van der Waals surface area contributed by atoms with Gasteiger partial charge in [0.15, 0.2) is 0 Å². The van der Waals surface area contributed by atoms with E-state index < -0.39 is 0 Å². The van der Waals surface area contributed by atoms with E-state index in [9.17, 15) is 9.59 Å². The monoisotopic (exact) mass is 279 g/mol. The van der Waals surface area contributed by atoms with Crippen LogP contribution in [-0.4, -0.2) is 43.6 Å². The molecule has 0 aromatic heterocycles. The fourth-order valence-electron chi connectivity index (χ4n) is 1.56. The summed E-state index contributed by atoms with van der Waals surface area (Å²) >= 11 is 0. The van der Waals surface area contributed by atoms with Gasteiger partial charge in [-0.05, 0) is 12.5 Å². The lowest BCUT2D eigenvalue weighted by atomic mass is 10.2. The molecule has 1 aromatic rings. The minimum Gasteiger partial charge on any atom is -0.466 e. The van der Waals surface area contributed by atoms with Gasteiger partial charge in [0.2, 0.25) is 5.91 Å². The van der Waals surface area contributed by atoms with Crippen molar-refractivity contribution in [1.82, 2.24) is 4.90 Å². The fourth-order valence-corrected chi connectivity index (χ4v) is 1.56. The topological polar surface area (TPSA) is 55.8 Å². The molecular formula is C15H21NO4. The molecule has 20 heavy (non-hydrogen) atoms. The minimum atomic E-state index is -0.294. The molecule has 0 spiro atoms. The lowest BCUT2D eigenvalue weighted by Crippen LogP contribution is -2.32. The largest absolute Gasteiger partial charge is 0.466 e. The summed E-state index contributed by atoms with van der Waals surface area (Å²) in [6, 6.07) is 9.65. The van der Waals surface area contributed by atoms with Crippen LogP contribution < -0.4 is 0 Å². The van der Waals surface area contributed by atoms with Crippen molar-refractivity contribution in [2.75, 3.05) is 26.8 Å². The molecule has 0 aliphatic heterocycles. The molecule has 0 unspecified atom stereocenters. The van der Waals surface area contributed by atoms with E-state index in [1.165, 1.54) is 4.90 Å². The van der Waals surface area contributed by atoms with E-state index >= 15 is 0 Å². The van der Waals surface area contributed by atoms with Crippen LogP contribution in [0.1, 0.15) is 18.9 Å². The molecule has 0 heterocycles. The second kappa shape index (κ2) is 9.09. The number of rotatable bonds is 8. The lowest BCUT2D eigenvalue weighted by molar-refractivity contribution is -0.144. The lowest BCUT2D eigenvalue weighted by Gasteiger charge is -2.16. The number of hydrogen-bond acceptors (Lipinski definition) is 4. The SMILES string of the molecule is CCOC(=O)CCN(C)C(=O)COCc1ccccc1. The molecule has 0 aliphatic carbocycles. The molecule has 0 radical (unpaired) electrons. The highest BCUT2D eigenvalue weighted by atomic mass is 16.5. The Morgan fingerprint density at radius 2 is 1.90 bits per heavy atom. The van der Waals surface area contributed by atoms with Gasteiger partial charge in [0.05, 0.1) is 19.6 Å². The van der Waals surface area contributed by atoms with Crippen molar-refractivity contribution in [1.29, 1.82) is 0 Å². The molecule has 0 atom stereocenters. The average Bonchev–Trinajstić information content (AvgIpc) is 2.46. The van der Waals surface area contributed by atoms with Gasteiger partial charge < -0.3 is 14.4 Å². The third-order valence-electron chi connectivity index (χ3n) is 2.72. The highest BCUT2D eigenvalue weighted by Crippen LogP contribution is 2.01. The van der Waals surface area contributed by atoms with Crippen LogP contribution in [0.5, 0.6) is 0 Å². The number of amides is 1. The zero-order valence-electron chi connectivity index (χ0n) is 12.0. The first kappa shape index (κ1) is 16.2. The molecule has 0 bridgehead atoms. The molecular weight excluding hydrogens is 258 g/mol. The van der Waals surface area contributed by atoms with Crippen LogP contribution in [0.3, 0.4) is 0 Å². The molecule has 110 valence electrons. The van der Waals surface area contributed by atoms with Crippen molar-refractivity contribution < 1.29 is 19.1 Å². The van der Waals surface area contributed by atoms with E-state index in [1.807, 2.05) is 30.3 Å². The van der Waals surface area contributed by atoms with E-state index in [2.05, 4.69) is 0 Å². The van der Waals surface area contributed by atoms with Gasteiger partial charge in [0.1, 0.15) is 6.61 Å². The highest BCUT2D eigenvalue weighted by molar-refractivity contribution is 5.78. The number of ether oxygens (including phenoxy) is 2. The van der Waals surface area contributed by atoms with Crippen LogP contribution in [0.25, 0.3) is 0 Å². The zero-order chi connectivity index (χ0) is 14.8. The maximum atomic E-state index is 11.8. The molecule has 0 aliphatic rings. The Morgan fingerprint density at radius 3 is 2.55 bits per heavy atom. The molecule has 1 amide bonds. The molecule has 5 heteroatoms. The van der Waals surface area contributed by atoms with Gasteiger partial charge in [-0.25, -0.2) is 0 Å². The number of esters is 1. The number of carbonyl (C=O) groups is 2. The summed E-state index contributed by atoms with van der Waals surface area (Å²) in [4.78, 5) is 24.4. The first-order valence-electron chi connectivity index (χ1n) is 6.64. The number of carbonyl (C=O) groups excluding carboxylic acids is 2. The standard InChI is InChI=1S/C15H21NO4/c1-3-20-15(18)9-10-16(2)14(17)12-19-11-13-7-5-4-6-8-13/h4-8H,3,9-12H2,1-2H3. The second-order valence-corrected chi connectivity index (χ2v) is 4.35. The third-order valence-corrected chi connectivity index (χ3v) is 2.72. The van der Waals surface area contributed by atoms with Crippen LogP contribution >= 0.6 is 0 Å². The Kier molecular flexibility index (Phi) is 7.35. The molecule has 0 N–H and O–H groups in total. The quantitative estimate of drug-likeness (QED) is 0.678. The second-order valence-electron chi connectivity index (χ2n) is 4.35. The van der Waals surface area contributed by atoms with Gasteiger partial charge in [-0.2, -0.15) is 0 Å². The molecule has 5 nitrogen and oxygen atoms in total. The van der Waals surface area contributed by atoms with E-state index in [1.54, 1.807) is 14.0 Å². The maximum Gasteiger partial charge on any atom is 0.307 e. The molecule has 0 fully saturated rings. The number of likely N-dealkylation sites (N-methyl/N-ethyl adjacent to an activating group) is 1. The molecule has 1 aromatic carbocycles. The Balaban J connectivity index is 2.20. The van der Waals surface area contributed by atoms with E-state index in [0.29, 0.717) is 19.8 Å². The van der Waals surface area contributed by atoms with Crippen molar-refractivity contribution in [2.24, 2.45) is 0 Å². The maximum absolute atomic E-state index is 11.8. The van der Waals surface area contributed by atoms with Crippen LogP contribution in [0.2, 0.25) is 0 Å². The highest BCUT2D eigenvalue weighted by Gasteiger charge is 2.11. The molecule has 1 rings (SSSR count). The Bertz CT molecular complexity index is 419. The number of hydrogen-bond donors (Lipinski definition) is 0. The van der Waals surface area contributed by atoms with Crippen LogP contribution in [0, 0.1) is 0 Å². The fraction of sp³-hybridized carbons (Fsp3) is 0.467. The van der Waals surface area contributed by atoms with E-state index in [-0.39, 0.29) is 24.9 Å². The van der Waals surface area contributed by atoms with Crippen molar-refractivity contribution in [3.63, 3.8) is 0 Å². The summed E-state index contributed by atoms with van der Waals surface area (Å²) in [5, 5.41) is 0. The summed E-state index contributed by atoms with van der Waals surface area (Å²) in [6.07, 6.45) is 0.203. The predicted molar refractivity (Wildman–Crippen MR) is 75.0 cm³/mol.